The number of ketones is 1. The Bertz CT molecular complexity index is 592. The Morgan fingerprint density at radius 3 is 2.23 bits per heavy atom. The molecule has 30 heavy (non-hydrogen) atoms. The molecule has 1 aliphatic rings. The van der Waals surface area contributed by atoms with Gasteiger partial charge in [0.05, 0.1) is 18.7 Å². The van der Waals surface area contributed by atoms with Crippen molar-refractivity contribution in [2.45, 2.75) is 83.0 Å². The number of hydrogen-bond donors (Lipinski definition) is 6. The van der Waals surface area contributed by atoms with E-state index < -0.39 is 30.0 Å². The first-order chi connectivity index (χ1) is 14.1. The lowest BCUT2D eigenvalue weighted by Gasteiger charge is -2.27. The minimum absolute atomic E-state index is 0.137. The molecule has 0 bridgehead atoms. The molecule has 0 heterocycles. The normalized spacial score (nSPS) is 18.6. The van der Waals surface area contributed by atoms with Crippen LogP contribution in [0.15, 0.2) is 0 Å². The second kappa shape index (κ2) is 13.3. The molecule has 0 aromatic rings. The van der Waals surface area contributed by atoms with Gasteiger partial charge >= 0.3 is 0 Å². The van der Waals surface area contributed by atoms with Crippen LogP contribution in [0.2, 0.25) is 0 Å². The van der Waals surface area contributed by atoms with Crippen LogP contribution in [-0.2, 0) is 19.2 Å². The van der Waals surface area contributed by atoms with E-state index in [0.29, 0.717) is 5.92 Å². The lowest BCUT2D eigenvalue weighted by molar-refractivity contribution is -0.133. The molecular weight excluding hydrogens is 390 g/mol. The maximum atomic E-state index is 12.4. The van der Waals surface area contributed by atoms with Gasteiger partial charge in [-0.05, 0) is 45.6 Å². The zero-order valence-corrected chi connectivity index (χ0v) is 18.0. The van der Waals surface area contributed by atoms with Crippen LogP contribution in [0.25, 0.3) is 0 Å². The Kier molecular flexibility index (Phi) is 11.5. The van der Waals surface area contributed by atoms with Gasteiger partial charge < -0.3 is 32.5 Å². The number of rotatable bonds is 12. The second-order valence-electron chi connectivity index (χ2n) is 8.08. The van der Waals surface area contributed by atoms with Gasteiger partial charge in [-0.25, -0.2) is 0 Å². The average molecular weight is 428 g/mol. The highest BCUT2D eigenvalue weighted by molar-refractivity contribution is 5.93. The summed E-state index contributed by atoms with van der Waals surface area (Å²) in [4.78, 5) is 48.2. The molecule has 1 rings (SSSR count). The van der Waals surface area contributed by atoms with Crippen molar-refractivity contribution in [1.29, 1.82) is 0 Å². The highest BCUT2D eigenvalue weighted by Crippen LogP contribution is 2.26. The van der Waals surface area contributed by atoms with Crippen LogP contribution in [0.1, 0.15) is 58.8 Å². The Balaban J connectivity index is 2.49. The number of amides is 3. The Morgan fingerprint density at radius 1 is 1.07 bits per heavy atom. The summed E-state index contributed by atoms with van der Waals surface area (Å²) < 4.78 is 0. The predicted molar refractivity (Wildman–Crippen MR) is 112 cm³/mol. The summed E-state index contributed by atoms with van der Waals surface area (Å²) in [5.41, 5.74) is 11.6. The van der Waals surface area contributed by atoms with Crippen molar-refractivity contribution in [3.8, 4) is 0 Å². The molecule has 0 aromatic heterocycles. The van der Waals surface area contributed by atoms with Gasteiger partial charge in [0.2, 0.25) is 17.7 Å². The van der Waals surface area contributed by atoms with Crippen molar-refractivity contribution in [1.82, 2.24) is 16.0 Å². The summed E-state index contributed by atoms with van der Waals surface area (Å²) in [5, 5.41) is 17.2. The molecule has 2 unspecified atom stereocenters. The molecule has 0 radical (unpaired) electrons. The molecule has 10 nitrogen and oxygen atoms in total. The second-order valence-corrected chi connectivity index (χ2v) is 8.08. The number of nitrogens with one attached hydrogen (secondary N) is 3. The molecular formula is C20H37N5O5. The van der Waals surface area contributed by atoms with E-state index in [-0.39, 0.29) is 43.7 Å². The number of aliphatic hydroxyl groups is 1. The SMILES string of the molecule is CC(=O)[C@H](CCN)NC(=O)[C@@H](NC(=O)CNC(=O)CC(N)C1CCCCC1)C(C)O. The maximum Gasteiger partial charge on any atom is 0.245 e. The van der Waals surface area contributed by atoms with Crippen molar-refractivity contribution in [3.05, 3.63) is 0 Å². The van der Waals surface area contributed by atoms with Crippen LogP contribution < -0.4 is 27.4 Å². The number of nitrogens with two attached hydrogens (primary N) is 2. The summed E-state index contributed by atoms with van der Waals surface area (Å²) in [5.74, 6) is -1.61. The van der Waals surface area contributed by atoms with E-state index >= 15 is 0 Å². The van der Waals surface area contributed by atoms with Crippen LogP contribution in [0, 0.1) is 5.92 Å². The lowest BCUT2D eigenvalue weighted by atomic mass is 9.83. The third kappa shape index (κ3) is 9.19. The fourth-order valence-corrected chi connectivity index (χ4v) is 3.63. The number of hydrogen-bond acceptors (Lipinski definition) is 7. The average Bonchev–Trinajstić information content (AvgIpc) is 2.70. The van der Waals surface area contributed by atoms with E-state index in [1.54, 1.807) is 0 Å². The summed E-state index contributed by atoms with van der Waals surface area (Å²) in [6.07, 6.45) is 4.68. The van der Waals surface area contributed by atoms with Crippen molar-refractivity contribution >= 4 is 23.5 Å². The van der Waals surface area contributed by atoms with Gasteiger partial charge in [0, 0.05) is 12.5 Å². The van der Waals surface area contributed by atoms with Crippen LogP contribution in [0.4, 0.5) is 0 Å². The van der Waals surface area contributed by atoms with Crippen LogP contribution >= 0.6 is 0 Å². The highest BCUT2D eigenvalue weighted by atomic mass is 16.3. The van der Waals surface area contributed by atoms with Gasteiger partial charge in [-0.1, -0.05) is 19.3 Å². The van der Waals surface area contributed by atoms with E-state index in [9.17, 15) is 24.3 Å². The molecule has 0 aromatic carbocycles. The smallest absolute Gasteiger partial charge is 0.245 e. The topological polar surface area (TPSA) is 177 Å². The zero-order chi connectivity index (χ0) is 22.7. The zero-order valence-electron chi connectivity index (χ0n) is 18.0. The quantitative estimate of drug-likeness (QED) is 0.224. The van der Waals surface area contributed by atoms with Crippen LogP contribution in [0.3, 0.4) is 0 Å². The van der Waals surface area contributed by atoms with Gasteiger partial charge in [-0.2, -0.15) is 0 Å². The number of carbonyl (C=O) groups is 4. The van der Waals surface area contributed by atoms with Gasteiger partial charge in [0.15, 0.2) is 5.78 Å². The largest absolute Gasteiger partial charge is 0.391 e. The van der Waals surface area contributed by atoms with E-state index in [1.807, 2.05) is 0 Å². The molecule has 10 heteroatoms. The first-order valence-corrected chi connectivity index (χ1v) is 10.7. The molecule has 0 aliphatic heterocycles. The van der Waals surface area contributed by atoms with Crippen molar-refractivity contribution < 1.29 is 24.3 Å². The first-order valence-electron chi connectivity index (χ1n) is 10.7. The number of carbonyl (C=O) groups excluding carboxylic acids is 4. The van der Waals surface area contributed by atoms with E-state index in [2.05, 4.69) is 16.0 Å². The van der Waals surface area contributed by atoms with Gasteiger partial charge in [-0.3, -0.25) is 19.2 Å². The number of aliphatic hydroxyl groups excluding tert-OH is 1. The molecule has 172 valence electrons. The standard InChI is InChI=1S/C20H37N5O5/c1-12(26)16(8-9-21)24-20(30)19(13(2)27)25-18(29)11-23-17(28)10-15(22)14-6-4-3-5-7-14/h13-16,19,27H,3-11,21-22H2,1-2H3,(H,23,28)(H,24,30)(H,25,29)/t13?,15?,16-,19-/m0/s1. The van der Waals surface area contributed by atoms with Crippen molar-refractivity contribution in [2.75, 3.05) is 13.1 Å². The summed E-state index contributed by atoms with van der Waals surface area (Å²) >= 11 is 0. The highest BCUT2D eigenvalue weighted by Gasteiger charge is 2.29. The Hall–Kier alpha value is -2.04. The summed E-state index contributed by atoms with van der Waals surface area (Å²) in [6, 6.07) is -2.30. The van der Waals surface area contributed by atoms with Gasteiger partial charge in [0.25, 0.3) is 0 Å². The minimum atomic E-state index is -1.27. The van der Waals surface area contributed by atoms with Crippen LogP contribution in [0.5, 0.6) is 0 Å². The number of Topliss-reactive ketones (excluding diaryl/α,β-unsaturated/α-hetero) is 1. The van der Waals surface area contributed by atoms with E-state index in [1.165, 1.54) is 20.3 Å². The third-order valence-electron chi connectivity index (χ3n) is 5.47. The summed E-state index contributed by atoms with van der Waals surface area (Å²) in [6.45, 7) is 2.53. The Morgan fingerprint density at radius 2 is 1.70 bits per heavy atom. The molecule has 4 atom stereocenters. The third-order valence-corrected chi connectivity index (χ3v) is 5.47. The molecule has 1 fully saturated rings. The fourth-order valence-electron chi connectivity index (χ4n) is 3.63. The first kappa shape index (κ1) is 26.0. The van der Waals surface area contributed by atoms with E-state index in [4.69, 9.17) is 11.5 Å². The monoisotopic (exact) mass is 427 g/mol. The molecule has 8 N–H and O–H groups in total. The van der Waals surface area contributed by atoms with Crippen molar-refractivity contribution in [3.63, 3.8) is 0 Å². The maximum absolute atomic E-state index is 12.4. The molecule has 3 amide bonds. The fraction of sp³-hybridized carbons (Fsp3) is 0.800. The molecule has 1 aliphatic carbocycles. The van der Waals surface area contributed by atoms with Gasteiger partial charge in [0.1, 0.15) is 6.04 Å². The van der Waals surface area contributed by atoms with Crippen LogP contribution in [-0.4, -0.2) is 65.9 Å². The van der Waals surface area contributed by atoms with Gasteiger partial charge in [-0.15, -0.1) is 0 Å². The van der Waals surface area contributed by atoms with Crippen molar-refractivity contribution in [2.24, 2.45) is 17.4 Å². The minimum Gasteiger partial charge on any atom is -0.391 e. The lowest BCUT2D eigenvalue weighted by Crippen LogP contribution is -2.57. The molecule has 0 spiro atoms. The van der Waals surface area contributed by atoms with E-state index in [0.717, 1.165) is 25.7 Å². The summed E-state index contributed by atoms with van der Waals surface area (Å²) in [7, 11) is 0. The predicted octanol–water partition coefficient (Wildman–Crippen LogP) is -1.31. The molecule has 0 saturated heterocycles. The Labute approximate surface area is 177 Å². The molecule has 1 saturated carbocycles.